The van der Waals surface area contributed by atoms with Crippen molar-refractivity contribution < 1.29 is 58.7 Å². The quantitative estimate of drug-likeness (QED) is 0.0906. The van der Waals surface area contributed by atoms with Gasteiger partial charge in [0.05, 0.1) is 0 Å². The molecule has 0 unspecified atom stereocenters. The van der Waals surface area contributed by atoms with Gasteiger partial charge in [-0.15, -0.1) is 10.2 Å². The van der Waals surface area contributed by atoms with Crippen molar-refractivity contribution in [2.75, 3.05) is 5.32 Å². The normalized spacial score (nSPS) is 12.8. The van der Waals surface area contributed by atoms with E-state index in [1.165, 1.54) is 18.2 Å². The molecule has 16 nitrogen and oxygen atoms in total. The molecule has 4 aromatic rings. The van der Waals surface area contributed by atoms with Crippen LogP contribution in [-0.4, -0.2) is 61.0 Å². The molecule has 19 heteroatoms. The molecule has 0 saturated heterocycles. The Bertz CT molecular complexity index is 2240. The lowest BCUT2D eigenvalue weighted by Gasteiger charge is -2.11. The molecule has 224 valence electrons. The van der Waals surface area contributed by atoms with Crippen molar-refractivity contribution in [3.8, 4) is 5.75 Å². The van der Waals surface area contributed by atoms with E-state index < -0.39 is 79.4 Å². The van der Waals surface area contributed by atoms with Crippen LogP contribution in [0.4, 0.5) is 17.1 Å². The minimum Gasteiger partial charge on any atom is -0.505 e. The van der Waals surface area contributed by atoms with E-state index >= 15 is 0 Å². The maximum Gasteiger partial charge on any atom is 0.328 e. The van der Waals surface area contributed by atoms with Crippen LogP contribution in [0.5, 0.6) is 5.75 Å². The van der Waals surface area contributed by atoms with Crippen molar-refractivity contribution in [2.45, 2.75) is 14.7 Å². The highest BCUT2D eigenvalue weighted by Gasteiger charge is 2.25. The number of nitrogens with zero attached hydrogens (tertiary/aromatic N) is 2. The zero-order valence-corrected chi connectivity index (χ0v) is 23.4. The number of amides is 1. The molecule has 0 saturated carbocycles. The van der Waals surface area contributed by atoms with Gasteiger partial charge >= 0.3 is 5.97 Å². The smallest absolute Gasteiger partial charge is 0.328 e. The molecule has 0 aliphatic heterocycles. The van der Waals surface area contributed by atoms with Crippen molar-refractivity contribution in [3.05, 3.63) is 66.7 Å². The van der Waals surface area contributed by atoms with Gasteiger partial charge in [-0.2, -0.15) is 25.3 Å². The number of nitrogens with one attached hydrogen (secondary N) is 1. The van der Waals surface area contributed by atoms with E-state index in [-0.39, 0.29) is 21.8 Å². The van der Waals surface area contributed by atoms with Gasteiger partial charge in [-0.1, -0.05) is 18.2 Å². The third-order valence-electron chi connectivity index (χ3n) is 5.72. The minimum absolute atomic E-state index is 0.0424. The van der Waals surface area contributed by atoms with Crippen LogP contribution >= 0.6 is 0 Å². The Morgan fingerprint density at radius 2 is 1.37 bits per heavy atom. The van der Waals surface area contributed by atoms with Crippen molar-refractivity contribution in [2.24, 2.45) is 10.2 Å². The molecule has 0 bridgehead atoms. The number of fused-ring (bicyclic) bond motifs is 2. The van der Waals surface area contributed by atoms with E-state index in [2.05, 4.69) is 15.5 Å². The van der Waals surface area contributed by atoms with Gasteiger partial charge in [0.15, 0.2) is 5.75 Å². The third kappa shape index (κ3) is 6.66. The number of carbonyl (C=O) groups is 2. The number of hydrogen-bond acceptors (Lipinski definition) is 11. The first-order chi connectivity index (χ1) is 19.9. The van der Waals surface area contributed by atoms with E-state index in [0.717, 1.165) is 36.4 Å². The maximum absolute atomic E-state index is 12.3. The van der Waals surface area contributed by atoms with Crippen molar-refractivity contribution in [1.82, 2.24) is 0 Å². The average molecular weight is 652 g/mol. The van der Waals surface area contributed by atoms with Crippen LogP contribution in [-0.2, 0) is 39.9 Å². The van der Waals surface area contributed by atoms with Gasteiger partial charge in [-0.3, -0.25) is 18.5 Å². The first-order valence-corrected chi connectivity index (χ1v) is 15.6. The Kier molecular flexibility index (Phi) is 8.06. The standard InChI is InChI=1S/C24H17N3O13S3/c28-20(8-9-21(29)30)25-13-4-5-14-12(10-13)11-19(42(35,36)37)22(23(14)31)27-26-17-7-6-15-16(24(17)43(38,39)40)2-1-3-18(15)41(32,33)34/h1-11,31H,(H,25,28)(H,29,30)(H,32,33,34)(H,35,36,37)(H,38,39,40)/b9-8-,27-26?. The lowest BCUT2D eigenvalue weighted by Crippen LogP contribution is -2.08. The molecule has 4 rings (SSSR count). The number of carboxylic acid groups (broad SMARTS) is 1. The van der Waals surface area contributed by atoms with Crippen LogP contribution in [0.15, 0.2) is 91.7 Å². The Labute approximate surface area is 241 Å². The van der Waals surface area contributed by atoms with Gasteiger partial charge in [0.1, 0.15) is 26.1 Å². The monoisotopic (exact) mass is 651 g/mol. The van der Waals surface area contributed by atoms with Crippen LogP contribution in [0.25, 0.3) is 21.5 Å². The second-order valence-corrected chi connectivity index (χ2v) is 12.7. The summed E-state index contributed by atoms with van der Waals surface area (Å²) in [4.78, 5) is 19.8. The lowest BCUT2D eigenvalue weighted by molar-refractivity contribution is -0.131. The van der Waals surface area contributed by atoms with E-state index in [4.69, 9.17) is 5.11 Å². The molecule has 0 spiro atoms. The predicted octanol–water partition coefficient (Wildman–Crippen LogP) is 3.43. The summed E-state index contributed by atoms with van der Waals surface area (Å²) >= 11 is 0. The fourth-order valence-corrected chi connectivity index (χ4v) is 6.22. The van der Waals surface area contributed by atoms with Gasteiger partial charge in [0.25, 0.3) is 30.4 Å². The highest BCUT2D eigenvalue weighted by molar-refractivity contribution is 7.86. The predicted molar refractivity (Wildman–Crippen MR) is 149 cm³/mol. The summed E-state index contributed by atoms with van der Waals surface area (Å²) in [5, 5.41) is 28.2. The highest BCUT2D eigenvalue weighted by atomic mass is 32.2. The SMILES string of the molecule is O=C(O)/C=C\C(=O)Nc1ccc2c(O)c(N=Nc3ccc4c(S(=O)(=O)O)cccc4c3S(=O)(=O)O)c(S(=O)(=O)O)cc2c1. The number of aromatic hydroxyl groups is 1. The van der Waals surface area contributed by atoms with Gasteiger partial charge in [-0.05, 0) is 41.8 Å². The second-order valence-electron chi connectivity index (χ2n) is 8.56. The number of hydrogen-bond donors (Lipinski definition) is 6. The Balaban J connectivity index is 1.90. The van der Waals surface area contributed by atoms with Crippen molar-refractivity contribution in [1.29, 1.82) is 0 Å². The summed E-state index contributed by atoms with van der Waals surface area (Å²) in [5.41, 5.74) is -1.46. The van der Waals surface area contributed by atoms with Gasteiger partial charge < -0.3 is 15.5 Å². The molecule has 0 fully saturated rings. The Morgan fingerprint density at radius 1 is 0.721 bits per heavy atom. The van der Waals surface area contributed by atoms with E-state index in [1.807, 2.05) is 0 Å². The van der Waals surface area contributed by atoms with Crippen molar-refractivity contribution >= 4 is 80.8 Å². The first kappa shape index (κ1) is 31.2. The molecule has 0 aliphatic carbocycles. The summed E-state index contributed by atoms with van der Waals surface area (Å²) in [6.45, 7) is 0. The summed E-state index contributed by atoms with van der Waals surface area (Å²) in [7, 11) is -15.1. The zero-order valence-electron chi connectivity index (χ0n) is 21.0. The number of anilines is 1. The van der Waals surface area contributed by atoms with Crippen LogP contribution in [0.1, 0.15) is 0 Å². The van der Waals surface area contributed by atoms with Crippen LogP contribution in [0.3, 0.4) is 0 Å². The maximum atomic E-state index is 12.3. The average Bonchev–Trinajstić information content (AvgIpc) is 2.88. The molecule has 43 heavy (non-hydrogen) atoms. The summed E-state index contributed by atoms with van der Waals surface area (Å²) in [6, 6.07) is 9.58. The first-order valence-electron chi connectivity index (χ1n) is 11.3. The summed E-state index contributed by atoms with van der Waals surface area (Å²) < 4.78 is 102. The second kappa shape index (κ2) is 11.1. The largest absolute Gasteiger partial charge is 0.505 e. The molecule has 1 amide bonds. The van der Waals surface area contributed by atoms with Gasteiger partial charge in [-0.25, -0.2) is 4.79 Å². The number of carbonyl (C=O) groups excluding carboxylic acids is 1. The molecular weight excluding hydrogens is 634 g/mol. The van der Waals surface area contributed by atoms with Crippen molar-refractivity contribution in [3.63, 3.8) is 0 Å². The van der Waals surface area contributed by atoms with Gasteiger partial charge in [0.2, 0.25) is 5.91 Å². The number of phenolic OH excluding ortho intramolecular Hbond substituents is 1. The molecular formula is C24H17N3O13S3. The molecule has 0 radical (unpaired) electrons. The minimum atomic E-state index is -5.17. The topological polar surface area (TPSA) is 274 Å². The number of azo groups is 1. The lowest BCUT2D eigenvalue weighted by atomic mass is 10.1. The fraction of sp³-hybridized carbons (Fsp3) is 0. The van der Waals surface area contributed by atoms with E-state index in [1.54, 1.807) is 0 Å². The van der Waals surface area contributed by atoms with E-state index in [0.29, 0.717) is 12.2 Å². The molecule has 0 aromatic heterocycles. The van der Waals surface area contributed by atoms with Crippen LogP contribution in [0.2, 0.25) is 0 Å². The Morgan fingerprint density at radius 3 is 1.98 bits per heavy atom. The van der Waals surface area contributed by atoms with E-state index in [9.17, 15) is 53.6 Å². The number of phenols is 1. The summed E-state index contributed by atoms with van der Waals surface area (Å²) in [6.07, 6.45) is 1.29. The number of rotatable bonds is 8. The van der Waals surface area contributed by atoms with Crippen LogP contribution < -0.4 is 5.32 Å². The number of aliphatic carboxylic acids is 1. The zero-order chi connectivity index (χ0) is 31.9. The summed E-state index contributed by atoms with van der Waals surface area (Å²) in [5.74, 6) is -3.09. The number of benzene rings is 4. The molecule has 0 atom stereocenters. The molecule has 0 heterocycles. The molecule has 4 aromatic carbocycles. The van der Waals surface area contributed by atoms with Crippen LogP contribution in [0, 0.1) is 0 Å². The third-order valence-corrected chi connectivity index (χ3v) is 8.44. The molecule has 6 N–H and O–H groups in total. The highest BCUT2D eigenvalue weighted by Crippen LogP contribution is 2.43. The molecule has 0 aliphatic rings. The fourth-order valence-electron chi connectivity index (χ4n) is 4.02. The Hall–Kier alpha value is -4.79. The van der Waals surface area contributed by atoms with Gasteiger partial charge in [0, 0.05) is 34.0 Å². The number of carboxylic acids is 1.